The molecule has 1 aromatic heterocycles. The molecule has 0 aliphatic carbocycles. The Morgan fingerprint density at radius 1 is 1.19 bits per heavy atom. The maximum absolute atomic E-state index is 14.1. The SMILES string of the molecule is CCCC1NCCCC1(Oc1ccc(C)s1)C(=O)N1CCN(c2ccccc2OC)CC1. The molecule has 1 amide bonds. The van der Waals surface area contributed by atoms with Crippen LogP contribution in [0.3, 0.4) is 0 Å². The van der Waals surface area contributed by atoms with Gasteiger partial charge in [0.15, 0.2) is 5.06 Å². The number of piperazine rings is 1. The number of ether oxygens (including phenoxy) is 2. The van der Waals surface area contributed by atoms with Gasteiger partial charge < -0.3 is 24.6 Å². The van der Waals surface area contributed by atoms with E-state index in [1.807, 2.05) is 29.2 Å². The van der Waals surface area contributed by atoms with Gasteiger partial charge in [0.1, 0.15) is 5.75 Å². The van der Waals surface area contributed by atoms with Gasteiger partial charge in [-0.15, -0.1) is 11.3 Å². The third-order valence-electron chi connectivity index (χ3n) is 6.61. The van der Waals surface area contributed by atoms with E-state index in [0.29, 0.717) is 13.1 Å². The highest BCUT2D eigenvalue weighted by Crippen LogP contribution is 2.37. The van der Waals surface area contributed by atoms with Crippen LogP contribution in [0.2, 0.25) is 0 Å². The van der Waals surface area contributed by atoms with Crippen LogP contribution < -0.4 is 19.7 Å². The maximum atomic E-state index is 14.1. The van der Waals surface area contributed by atoms with Crippen molar-refractivity contribution in [3.63, 3.8) is 0 Å². The van der Waals surface area contributed by atoms with Crippen LogP contribution >= 0.6 is 11.3 Å². The molecule has 2 atom stereocenters. The van der Waals surface area contributed by atoms with E-state index < -0.39 is 5.60 Å². The highest BCUT2D eigenvalue weighted by atomic mass is 32.1. The van der Waals surface area contributed by atoms with Gasteiger partial charge in [-0.05, 0) is 57.0 Å². The number of methoxy groups -OCH3 is 1. The van der Waals surface area contributed by atoms with Crippen LogP contribution in [0.5, 0.6) is 10.8 Å². The number of amides is 1. The fourth-order valence-corrected chi connectivity index (χ4v) is 5.75. The van der Waals surface area contributed by atoms with Crippen LogP contribution in [0.25, 0.3) is 0 Å². The molecule has 0 saturated carbocycles. The van der Waals surface area contributed by atoms with E-state index in [1.54, 1.807) is 18.4 Å². The van der Waals surface area contributed by atoms with Gasteiger partial charge in [-0.2, -0.15) is 0 Å². The molecular weight excluding hydrogens is 422 g/mol. The largest absolute Gasteiger partial charge is 0.495 e. The lowest BCUT2D eigenvalue weighted by Crippen LogP contribution is -2.67. The summed E-state index contributed by atoms with van der Waals surface area (Å²) in [6, 6.07) is 12.2. The number of rotatable bonds is 7. The zero-order chi connectivity index (χ0) is 22.6. The molecule has 7 heteroatoms. The Kier molecular flexibility index (Phi) is 7.26. The molecule has 2 fully saturated rings. The molecule has 174 valence electrons. The lowest BCUT2D eigenvalue weighted by molar-refractivity contribution is -0.154. The summed E-state index contributed by atoms with van der Waals surface area (Å²) in [4.78, 5) is 19.6. The van der Waals surface area contributed by atoms with Crippen LogP contribution in [-0.2, 0) is 4.79 Å². The number of hydrogen-bond acceptors (Lipinski definition) is 6. The average molecular weight is 458 g/mol. The standard InChI is InChI=1S/C25H35N3O3S/c1-4-8-22-25(13-7-14-26-22,31-23-12-11-19(2)32-23)24(29)28-17-15-27(16-18-28)20-9-5-6-10-21(20)30-3/h5-6,9-12,22,26H,4,7-8,13-18H2,1-3H3. The number of thiophene rings is 1. The number of piperidine rings is 1. The van der Waals surface area contributed by atoms with Gasteiger partial charge in [-0.25, -0.2) is 0 Å². The second-order valence-corrected chi connectivity index (χ2v) is 9.96. The highest BCUT2D eigenvalue weighted by molar-refractivity contribution is 7.13. The molecule has 0 bridgehead atoms. The quantitative estimate of drug-likeness (QED) is 0.679. The summed E-state index contributed by atoms with van der Waals surface area (Å²) in [5, 5.41) is 4.45. The van der Waals surface area contributed by atoms with Crippen molar-refractivity contribution in [2.45, 2.75) is 51.2 Å². The Hall–Kier alpha value is -2.25. The zero-order valence-corrected chi connectivity index (χ0v) is 20.2. The summed E-state index contributed by atoms with van der Waals surface area (Å²) < 4.78 is 12.2. The van der Waals surface area contributed by atoms with Crippen molar-refractivity contribution in [3.05, 3.63) is 41.3 Å². The van der Waals surface area contributed by atoms with Crippen molar-refractivity contribution in [3.8, 4) is 10.8 Å². The second-order valence-electron chi connectivity index (χ2n) is 8.71. The molecule has 0 radical (unpaired) electrons. The van der Waals surface area contributed by atoms with Gasteiger partial charge in [0.05, 0.1) is 18.8 Å². The van der Waals surface area contributed by atoms with Gasteiger partial charge >= 0.3 is 0 Å². The van der Waals surface area contributed by atoms with Crippen LogP contribution in [0.4, 0.5) is 5.69 Å². The van der Waals surface area contributed by atoms with Crippen LogP contribution in [0.1, 0.15) is 37.5 Å². The molecule has 1 aromatic carbocycles. The molecule has 2 unspecified atom stereocenters. The Bertz CT molecular complexity index is 907. The Morgan fingerprint density at radius 2 is 1.97 bits per heavy atom. The number of anilines is 1. The van der Waals surface area contributed by atoms with E-state index >= 15 is 0 Å². The molecule has 4 rings (SSSR count). The lowest BCUT2D eigenvalue weighted by atomic mass is 9.81. The minimum Gasteiger partial charge on any atom is -0.495 e. The van der Waals surface area contributed by atoms with Crippen molar-refractivity contribution in [2.75, 3.05) is 44.7 Å². The molecule has 1 N–H and O–H groups in total. The number of nitrogens with one attached hydrogen (secondary N) is 1. The summed E-state index contributed by atoms with van der Waals surface area (Å²) in [7, 11) is 1.70. The van der Waals surface area contributed by atoms with Crippen molar-refractivity contribution in [1.82, 2.24) is 10.2 Å². The molecule has 2 aliphatic heterocycles. The smallest absolute Gasteiger partial charge is 0.268 e. The predicted octanol–water partition coefficient (Wildman–Crippen LogP) is 4.08. The summed E-state index contributed by atoms with van der Waals surface area (Å²) in [6.07, 6.45) is 3.64. The molecule has 2 saturated heterocycles. The maximum Gasteiger partial charge on any atom is 0.268 e. The summed E-state index contributed by atoms with van der Waals surface area (Å²) >= 11 is 1.62. The third kappa shape index (κ3) is 4.59. The average Bonchev–Trinajstić information content (AvgIpc) is 3.24. The zero-order valence-electron chi connectivity index (χ0n) is 19.4. The first kappa shape index (κ1) is 22.9. The number of carbonyl (C=O) groups is 1. The summed E-state index contributed by atoms with van der Waals surface area (Å²) in [6.45, 7) is 8.12. The topological polar surface area (TPSA) is 54.0 Å². The van der Waals surface area contributed by atoms with Gasteiger partial charge in [0.2, 0.25) is 5.60 Å². The van der Waals surface area contributed by atoms with Crippen molar-refractivity contribution >= 4 is 22.9 Å². The highest BCUT2D eigenvalue weighted by Gasteiger charge is 2.51. The van der Waals surface area contributed by atoms with Crippen LogP contribution in [-0.4, -0.2) is 62.3 Å². The minimum absolute atomic E-state index is 0.0309. The molecule has 32 heavy (non-hydrogen) atoms. The normalized spacial score (nSPS) is 23.8. The van der Waals surface area contributed by atoms with Crippen molar-refractivity contribution in [2.24, 2.45) is 0 Å². The van der Waals surface area contributed by atoms with E-state index in [9.17, 15) is 4.79 Å². The number of aryl methyl sites for hydroxylation is 1. The van der Waals surface area contributed by atoms with Gasteiger partial charge in [-0.3, -0.25) is 4.79 Å². The number of hydrogen-bond donors (Lipinski definition) is 1. The minimum atomic E-state index is -0.835. The summed E-state index contributed by atoms with van der Waals surface area (Å²) in [5.41, 5.74) is 0.253. The van der Waals surface area contributed by atoms with E-state index in [-0.39, 0.29) is 11.9 Å². The first-order chi connectivity index (χ1) is 15.6. The van der Waals surface area contributed by atoms with E-state index in [4.69, 9.17) is 9.47 Å². The van der Waals surface area contributed by atoms with Gasteiger partial charge in [0.25, 0.3) is 5.91 Å². The van der Waals surface area contributed by atoms with Crippen molar-refractivity contribution in [1.29, 1.82) is 0 Å². The molecular formula is C25H35N3O3S. The van der Waals surface area contributed by atoms with E-state index in [2.05, 4.69) is 36.2 Å². The molecule has 2 aromatic rings. The predicted molar refractivity (Wildman–Crippen MR) is 130 cm³/mol. The Labute approximate surface area is 195 Å². The monoisotopic (exact) mass is 457 g/mol. The lowest BCUT2D eigenvalue weighted by Gasteiger charge is -2.47. The second kappa shape index (κ2) is 10.1. The molecule has 3 heterocycles. The van der Waals surface area contributed by atoms with E-state index in [0.717, 1.165) is 61.8 Å². The number of nitrogens with zero attached hydrogens (tertiary/aromatic N) is 2. The first-order valence-corrected chi connectivity index (χ1v) is 12.5. The van der Waals surface area contributed by atoms with Crippen LogP contribution in [0.15, 0.2) is 36.4 Å². The van der Waals surface area contributed by atoms with E-state index in [1.165, 1.54) is 4.88 Å². The molecule has 0 spiro atoms. The van der Waals surface area contributed by atoms with Crippen LogP contribution in [0, 0.1) is 6.92 Å². The molecule has 6 nitrogen and oxygen atoms in total. The fraction of sp³-hybridized carbons (Fsp3) is 0.560. The fourth-order valence-electron chi connectivity index (χ4n) is 4.97. The number of carbonyl (C=O) groups excluding carboxylic acids is 1. The third-order valence-corrected chi connectivity index (χ3v) is 7.49. The van der Waals surface area contributed by atoms with Crippen molar-refractivity contribution < 1.29 is 14.3 Å². The molecule has 2 aliphatic rings. The number of benzene rings is 1. The summed E-state index contributed by atoms with van der Waals surface area (Å²) in [5.74, 6) is 1.01. The van der Waals surface area contributed by atoms with Gasteiger partial charge in [0, 0.05) is 31.1 Å². The Morgan fingerprint density at radius 3 is 2.66 bits per heavy atom. The Balaban J connectivity index is 1.53. The van der Waals surface area contributed by atoms with Gasteiger partial charge in [-0.1, -0.05) is 25.5 Å². The number of para-hydroxylation sites is 2. The first-order valence-electron chi connectivity index (χ1n) is 11.7.